The highest BCUT2D eigenvalue weighted by atomic mass is 16.5. The molecule has 0 saturated carbocycles. The monoisotopic (exact) mass is 169 g/mol. The van der Waals surface area contributed by atoms with Crippen LogP contribution in [0.5, 0.6) is 5.88 Å². The molecule has 0 saturated heterocycles. The molecule has 0 aliphatic carbocycles. The Morgan fingerprint density at radius 2 is 2.42 bits per heavy atom. The van der Waals surface area contributed by atoms with Gasteiger partial charge in [-0.25, -0.2) is 4.68 Å². The van der Waals surface area contributed by atoms with Crippen molar-refractivity contribution in [3.8, 4) is 5.88 Å². The van der Waals surface area contributed by atoms with Crippen molar-refractivity contribution in [3.63, 3.8) is 0 Å². The molecule has 0 fully saturated rings. The second-order valence-corrected chi connectivity index (χ2v) is 2.27. The molecule has 1 aromatic heterocycles. The lowest BCUT2D eigenvalue weighted by atomic mass is 10.4. The van der Waals surface area contributed by atoms with Crippen LogP contribution in [0.15, 0.2) is 6.07 Å². The lowest BCUT2D eigenvalue weighted by Gasteiger charge is -1.95. The zero-order valence-electron chi connectivity index (χ0n) is 7.29. The van der Waals surface area contributed by atoms with Crippen LogP contribution in [-0.2, 0) is 7.05 Å². The van der Waals surface area contributed by atoms with Gasteiger partial charge >= 0.3 is 0 Å². The molecule has 1 N–H and O–H groups in total. The summed E-state index contributed by atoms with van der Waals surface area (Å²) in [6.45, 7) is 0. The number of aryl methyl sites for hydroxylation is 1. The van der Waals surface area contributed by atoms with E-state index in [4.69, 9.17) is 4.74 Å². The number of amides is 1. The maximum atomic E-state index is 11.1. The molecule has 0 spiro atoms. The Morgan fingerprint density at radius 3 is 2.83 bits per heavy atom. The third kappa shape index (κ3) is 1.39. The average Bonchev–Trinajstić information content (AvgIpc) is 2.45. The van der Waals surface area contributed by atoms with Crippen LogP contribution in [0.1, 0.15) is 10.5 Å². The van der Waals surface area contributed by atoms with Crippen molar-refractivity contribution in [3.05, 3.63) is 11.8 Å². The lowest BCUT2D eigenvalue weighted by Crippen LogP contribution is -2.18. The molecule has 5 heteroatoms. The molecule has 1 aromatic rings. The van der Waals surface area contributed by atoms with Crippen LogP contribution in [0.25, 0.3) is 0 Å². The van der Waals surface area contributed by atoms with Crippen LogP contribution in [0.4, 0.5) is 0 Å². The Hall–Kier alpha value is -1.52. The Morgan fingerprint density at radius 1 is 1.75 bits per heavy atom. The van der Waals surface area contributed by atoms with E-state index in [1.807, 2.05) is 0 Å². The number of carbonyl (C=O) groups is 1. The molecule has 1 amide bonds. The van der Waals surface area contributed by atoms with Gasteiger partial charge in [-0.3, -0.25) is 4.79 Å². The summed E-state index contributed by atoms with van der Waals surface area (Å²) in [7, 11) is 4.80. The number of methoxy groups -OCH3 is 1. The van der Waals surface area contributed by atoms with Gasteiger partial charge in [-0.15, -0.1) is 0 Å². The molecule has 1 heterocycles. The summed E-state index contributed by atoms with van der Waals surface area (Å²) in [5.74, 6) is 0.350. The van der Waals surface area contributed by atoms with Gasteiger partial charge in [-0.1, -0.05) is 0 Å². The van der Waals surface area contributed by atoms with Gasteiger partial charge in [0.25, 0.3) is 5.91 Å². The molecule has 66 valence electrons. The molecular formula is C7H11N3O2. The third-order valence-electron chi connectivity index (χ3n) is 1.51. The SMILES string of the molecule is CNC(=O)c1cc(OC)n(C)n1. The van der Waals surface area contributed by atoms with Gasteiger partial charge in [0.05, 0.1) is 7.11 Å². The molecule has 12 heavy (non-hydrogen) atoms. The van der Waals surface area contributed by atoms with Crippen molar-refractivity contribution in [2.24, 2.45) is 7.05 Å². The predicted octanol–water partition coefficient (Wildman–Crippen LogP) is -0.212. The topological polar surface area (TPSA) is 56.1 Å². The fourth-order valence-corrected chi connectivity index (χ4v) is 0.880. The highest BCUT2D eigenvalue weighted by molar-refractivity contribution is 5.92. The summed E-state index contributed by atoms with van der Waals surface area (Å²) in [6, 6.07) is 1.58. The number of nitrogens with zero attached hydrogens (tertiary/aromatic N) is 2. The molecule has 0 atom stereocenters. The van der Waals surface area contributed by atoms with Crippen molar-refractivity contribution >= 4 is 5.91 Å². The summed E-state index contributed by atoms with van der Waals surface area (Å²) >= 11 is 0. The first kappa shape index (κ1) is 8.58. The van der Waals surface area contributed by atoms with Crippen molar-refractivity contribution in [2.45, 2.75) is 0 Å². The first-order valence-electron chi connectivity index (χ1n) is 3.49. The van der Waals surface area contributed by atoms with Crippen molar-refractivity contribution in [1.82, 2.24) is 15.1 Å². The largest absolute Gasteiger partial charge is 0.481 e. The molecule has 5 nitrogen and oxygen atoms in total. The highest BCUT2D eigenvalue weighted by Gasteiger charge is 2.10. The molecule has 1 rings (SSSR count). The van der Waals surface area contributed by atoms with E-state index in [1.165, 1.54) is 11.8 Å². The number of aromatic nitrogens is 2. The van der Waals surface area contributed by atoms with Crippen molar-refractivity contribution in [2.75, 3.05) is 14.2 Å². The van der Waals surface area contributed by atoms with E-state index in [9.17, 15) is 4.79 Å². The molecule has 0 aliphatic heterocycles. The predicted molar refractivity (Wildman–Crippen MR) is 43.2 cm³/mol. The summed E-state index contributed by atoms with van der Waals surface area (Å²) in [6.07, 6.45) is 0. The fraction of sp³-hybridized carbons (Fsp3) is 0.429. The second-order valence-electron chi connectivity index (χ2n) is 2.27. The van der Waals surface area contributed by atoms with Gasteiger partial charge < -0.3 is 10.1 Å². The number of rotatable bonds is 2. The summed E-state index contributed by atoms with van der Waals surface area (Å²) in [4.78, 5) is 11.1. The van der Waals surface area contributed by atoms with Crippen LogP contribution < -0.4 is 10.1 Å². The van der Waals surface area contributed by atoms with Gasteiger partial charge in [0, 0.05) is 20.2 Å². The van der Waals surface area contributed by atoms with Gasteiger partial charge in [-0.2, -0.15) is 5.10 Å². The van der Waals surface area contributed by atoms with E-state index in [1.54, 1.807) is 20.2 Å². The van der Waals surface area contributed by atoms with E-state index in [0.29, 0.717) is 11.6 Å². The van der Waals surface area contributed by atoms with Crippen LogP contribution in [0.2, 0.25) is 0 Å². The van der Waals surface area contributed by atoms with E-state index in [0.717, 1.165) is 0 Å². The zero-order valence-corrected chi connectivity index (χ0v) is 7.29. The average molecular weight is 169 g/mol. The third-order valence-corrected chi connectivity index (χ3v) is 1.51. The van der Waals surface area contributed by atoms with Gasteiger partial charge in [0.1, 0.15) is 0 Å². The first-order valence-corrected chi connectivity index (χ1v) is 3.49. The number of hydrogen-bond donors (Lipinski definition) is 1. The molecule has 0 aliphatic rings. The molecule has 0 bridgehead atoms. The second kappa shape index (κ2) is 3.25. The molecule has 0 aromatic carbocycles. The first-order chi connectivity index (χ1) is 5.69. The quantitative estimate of drug-likeness (QED) is 0.666. The Balaban J connectivity index is 2.96. The van der Waals surface area contributed by atoms with E-state index < -0.39 is 0 Å². The molecule has 0 unspecified atom stereocenters. The number of ether oxygens (including phenoxy) is 1. The normalized spacial score (nSPS) is 9.58. The number of nitrogens with one attached hydrogen (secondary N) is 1. The van der Waals surface area contributed by atoms with Gasteiger partial charge in [0.2, 0.25) is 5.88 Å². The molecule has 0 radical (unpaired) electrons. The minimum Gasteiger partial charge on any atom is -0.481 e. The van der Waals surface area contributed by atoms with Crippen LogP contribution >= 0.6 is 0 Å². The number of hydrogen-bond acceptors (Lipinski definition) is 3. The van der Waals surface area contributed by atoms with Crippen molar-refractivity contribution in [1.29, 1.82) is 0 Å². The molecular weight excluding hydrogens is 158 g/mol. The highest BCUT2D eigenvalue weighted by Crippen LogP contribution is 2.10. The summed E-state index contributed by atoms with van der Waals surface area (Å²) in [5.41, 5.74) is 0.358. The standard InChI is InChI=1S/C7H11N3O2/c1-8-7(11)5-4-6(12-3)10(2)9-5/h4H,1-3H3,(H,8,11). The Labute approximate surface area is 70.3 Å². The van der Waals surface area contributed by atoms with Gasteiger partial charge in [0.15, 0.2) is 5.69 Å². The maximum Gasteiger partial charge on any atom is 0.271 e. The maximum absolute atomic E-state index is 11.1. The number of carbonyl (C=O) groups excluding carboxylic acids is 1. The summed E-state index contributed by atoms with van der Waals surface area (Å²) < 4.78 is 6.45. The Kier molecular flexibility index (Phi) is 2.32. The summed E-state index contributed by atoms with van der Waals surface area (Å²) in [5, 5.41) is 6.41. The van der Waals surface area contributed by atoms with E-state index >= 15 is 0 Å². The minimum atomic E-state index is -0.214. The van der Waals surface area contributed by atoms with Crippen LogP contribution in [-0.4, -0.2) is 29.8 Å². The van der Waals surface area contributed by atoms with E-state index in [-0.39, 0.29) is 5.91 Å². The minimum absolute atomic E-state index is 0.214. The fourth-order valence-electron chi connectivity index (χ4n) is 0.880. The van der Waals surface area contributed by atoms with Gasteiger partial charge in [-0.05, 0) is 0 Å². The van der Waals surface area contributed by atoms with Crippen molar-refractivity contribution < 1.29 is 9.53 Å². The van der Waals surface area contributed by atoms with Crippen LogP contribution in [0.3, 0.4) is 0 Å². The van der Waals surface area contributed by atoms with Crippen LogP contribution in [0, 0.1) is 0 Å². The zero-order chi connectivity index (χ0) is 9.14. The lowest BCUT2D eigenvalue weighted by molar-refractivity contribution is 0.0957. The van der Waals surface area contributed by atoms with E-state index in [2.05, 4.69) is 10.4 Å². The smallest absolute Gasteiger partial charge is 0.271 e. The Bertz CT molecular complexity index is 293.